The minimum Gasteiger partial charge on any atom is -0.397 e. The van der Waals surface area contributed by atoms with Gasteiger partial charge < -0.3 is 11.1 Å². The predicted octanol–water partition coefficient (Wildman–Crippen LogP) is 5.34. The van der Waals surface area contributed by atoms with Crippen molar-refractivity contribution in [3.63, 3.8) is 0 Å². The lowest BCUT2D eigenvalue weighted by molar-refractivity contribution is 0.103. The van der Waals surface area contributed by atoms with Crippen molar-refractivity contribution in [1.82, 2.24) is 0 Å². The standard InChI is InChI=1S/C20H16ClFN2O/c1-12-10-13(22)6-8-15(12)20(25)16-9-7-14(11-17(16)21)24-19-5-3-2-4-18(19)23/h2-11,24H,23H2,1H3. The summed E-state index contributed by atoms with van der Waals surface area (Å²) in [6.07, 6.45) is 0. The first-order chi connectivity index (χ1) is 12.0. The van der Waals surface area contributed by atoms with Gasteiger partial charge in [0, 0.05) is 16.8 Å². The van der Waals surface area contributed by atoms with Crippen molar-refractivity contribution < 1.29 is 9.18 Å². The van der Waals surface area contributed by atoms with Crippen molar-refractivity contribution in [2.75, 3.05) is 11.1 Å². The lowest BCUT2D eigenvalue weighted by atomic mass is 9.99. The summed E-state index contributed by atoms with van der Waals surface area (Å²) in [7, 11) is 0. The normalized spacial score (nSPS) is 10.5. The number of halogens is 2. The zero-order chi connectivity index (χ0) is 18.0. The quantitative estimate of drug-likeness (QED) is 0.491. The molecule has 0 spiro atoms. The number of benzene rings is 3. The molecule has 0 radical (unpaired) electrons. The van der Waals surface area contributed by atoms with Crippen LogP contribution in [0.25, 0.3) is 0 Å². The number of para-hydroxylation sites is 2. The fraction of sp³-hybridized carbons (Fsp3) is 0.0500. The second-order valence-corrected chi connectivity index (χ2v) is 6.10. The number of carbonyl (C=O) groups is 1. The molecule has 5 heteroatoms. The largest absolute Gasteiger partial charge is 0.397 e. The van der Waals surface area contributed by atoms with Gasteiger partial charge in [-0.1, -0.05) is 23.7 Å². The van der Waals surface area contributed by atoms with Crippen LogP contribution in [0, 0.1) is 12.7 Å². The Morgan fingerprint density at radius 1 is 1.04 bits per heavy atom. The molecule has 0 aliphatic rings. The van der Waals surface area contributed by atoms with E-state index in [9.17, 15) is 9.18 Å². The van der Waals surface area contributed by atoms with Gasteiger partial charge in [0.25, 0.3) is 0 Å². The number of hydrogen-bond donors (Lipinski definition) is 2. The predicted molar refractivity (Wildman–Crippen MR) is 100 cm³/mol. The van der Waals surface area contributed by atoms with Crippen LogP contribution < -0.4 is 11.1 Å². The van der Waals surface area contributed by atoms with Crippen molar-refractivity contribution in [3.05, 3.63) is 88.2 Å². The van der Waals surface area contributed by atoms with E-state index in [1.165, 1.54) is 18.2 Å². The molecule has 0 aromatic heterocycles. The minimum atomic E-state index is -0.375. The van der Waals surface area contributed by atoms with Crippen LogP contribution in [0.2, 0.25) is 5.02 Å². The van der Waals surface area contributed by atoms with Gasteiger partial charge in [-0.3, -0.25) is 4.79 Å². The Balaban J connectivity index is 1.89. The molecule has 0 aliphatic carbocycles. The molecule has 0 saturated carbocycles. The topological polar surface area (TPSA) is 55.1 Å². The fourth-order valence-corrected chi connectivity index (χ4v) is 2.84. The van der Waals surface area contributed by atoms with E-state index in [-0.39, 0.29) is 11.6 Å². The van der Waals surface area contributed by atoms with Crippen LogP contribution in [0.1, 0.15) is 21.5 Å². The Bertz CT molecular complexity index is 956. The van der Waals surface area contributed by atoms with Gasteiger partial charge in [0.2, 0.25) is 0 Å². The molecule has 25 heavy (non-hydrogen) atoms. The lowest BCUT2D eigenvalue weighted by Crippen LogP contribution is -2.05. The van der Waals surface area contributed by atoms with E-state index in [0.717, 1.165) is 11.4 Å². The number of nitrogens with one attached hydrogen (secondary N) is 1. The van der Waals surface area contributed by atoms with E-state index < -0.39 is 0 Å². The molecular weight excluding hydrogens is 339 g/mol. The number of hydrogen-bond acceptors (Lipinski definition) is 3. The van der Waals surface area contributed by atoms with Crippen molar-refractivity contribution in [3.8, 4) is 0 Å². The third kappa shape index (κ3) is 3.64. The summed E-state index contributed by atoms with van der Waals surface area (Å²) in [6, 6.07) is 16.5. The van der Waals surface area contributed by atoms with Crippen LogP contribution in [0.4, 0.5) is 21.5 Å². The van der Waals surface area contributed by atoms with E-state index in [2.05, 4.69) is 5.32 Å². The van der Waals surface area contributed by atoms with Crippen LogP contribution in [-0.2, 0) is 0 Å². The molecule has 0 aliphatic heterocycles. The van der Waals surface area contributed by atoms with E-state index in [4.69, 9.17) is 17.3 Å². The van der Waals surface area contributed by atoms with Crippen LogP contribution >= 0.6 is 11.6 Å². The van der Waals surface area contributed by atoms with Gasteiger partial charge in [0.05, 0.1) is 16.4 Å². The highest BCUT2D eigenvalue weighted by molar-refractivity contribution is 6.35. The molecule has 0 unspecified atom stereocenters. The highest BCUT2D eigenvalue weighted by atomic mass is 35.5. The Morgan fingerprint density at radius 3 is 2.44 bits per heavy atom. The Labute approximate surface area is 150 Å². The molecule has 0 bridgehead atoms. The Kier molecular flexibility index (Phi) is 4.72. The second-order valence-electron chi connectivity index (χ2n) is 5.70. The van der Waals surface area contributed by atoms with Crippen LogP contribution in [0.5, 0.6) is 0 Å². The summed E-state index contributed by atoms with van der Waals surface area (Å²) in [5.41, 5.74) is 9.36. The summed E-state index contributed by atoms with van der Waals surface area (Å²) in [6.45, 7) is 1.69. The van der Waals surface area contributed by atoms with Crippen LogP contribution in [-0.4, -0.2) is 5.78 Å². The molecule has 3 N–H and O–H groups in total. The monoisotopic (exact) mass is 354 g/mol. The Morgan fingerprint density at radius 2 is 1.76 bits per heavy atom. The van der Waals surface area contributed by atoms with Crippen molar-refractivity contribution in [2.45, 2.75) is 6.92 Å². The maximum absolute atomic E-state index is 13.2. The summed E-state index contributed by atoms with van der Waals surface area (Å²) in [4.78, 5) is 12.7. The van der Waals surface area contributed by atoms with Gasteiger partial charge in [-0.25, -0.2) is 4.39 Å². The molecule has 3 nitrogen and oxygen atoms in total. The fourth-order valence-electron chi connectivity index (χ4n) is 2.57. The third-order valence-corrected chi connectivity index (χ3v) is 4.20. The lowest BCUT2D eigenvalue weighted by Gasteiger charge is -2.12. The third-order valence-electron chi connectivity index (χ3n) is 3.89. The molecule has 0 heterocycles. The second kappa shape index (κ2) is 6.95. The first-order valence-electron chi connectivity index (χ1n) is 7.67. The van der Waals surface area contributed by atoms with Gasteiger partial charge in [0.15, 0.2) is 5.78 Å². The zero-order valence-corrected chi connectivity index (χ0v) is 14.3. The highest BCUT2D eigenvalue weighted by Gasteiger charge is 2.16. The van der Waals surface area contributed by atoms with Gasteiger partial charge in [-0.2, -0.15) is 0 Å². The summed E-state index contributed by atoms with van der Waals surface area (Å²) in [5.74, 6) is -0.617. The number of aryl methyl sites for hydroxylation is 1. The molecule has 126 valence electrons. The SMILES string of the molecule is Cc1cc(F)ccc1C(=O)c1ccc(Nc2ccccc2N)cc1Cl. The number of anilines is 3. The maximum Gasteiger partial charge on any atom is 0.194 e. The Hall–Kier alpha value is -2.85. The number of nitrogens with two attached hydrogens (primary N) is 1. The number of nitrogen functional groups attached to an aromatic ring is 1. The van der Waals surface area contributed by atoms with Crippen molar-refractivity contribution >= 4 is 34.4 Å². The van der Waals surface area contributed by atoms with E-state index in [0.29, 0.717) is 27.4 Å². The van der Waals surface area contributed by atoms with Crippen LogP contribution in [0.15, 0.2) is 60.7 Å². The number of carbonyl (C=O) groups excluding carboxylic acids is 1. The highest BCUT2D eigenvalue weighted by Crippen LogP contribution is 2.28. The summed E-state index contributed by atoms with van der Waals surface area (Å²) in [5, 5.41) is 3.48. The minimum absolute atomic E-state index is 0.242. The first-order valence-corrected chi connectivity index (χ1v) is 8.05. The molecule has 0 amide bonds. The van der Waals surface area contributed by atoms with Crippen LogP contribution in [0.3, 0.4) is 0 Å². The number of rotatable bonds is 4. The molecule has 0 atom stereocenters. The molecule has 3 aromatic carbocycles. The number of ketones is 1. The molecular formula is C20H16ClFN2O. The van der Waals surface area contributed by atoms with E-state index in [1.807, 2.05) is 18.2 Å². The smallest absolute Gasteiger partial charge is 0.194 e. The zero-order valence-electron chi connectivity index (χ0n) is 13.5. The van der Waals surface area contributed by atoms with E-state index in [1.54, 1.807) is 31.2 Å². The molecule has 3 aromatic rings. The molecule has 0 fully saturated rings. The van der Waals surface area contributed by atoms with Gasteiger partial charge in [0.1, 0.15) is 5.82 Å². The van der Waals surface area contributed by atoms with Crippen molar-refractivity contribution in [2.24, 2.45) is 0 Å². The summed E-state index contributed by atoms with van der Waals surface area (Å²) < 4.78 is 13.2. The average Bonchev–Trinajstić information content (AvgIpc) is 2.56. The van der Waals surface area contributed by atoms with Crippen molar-refractivity contribution in [1.29, 1.82) is 0 Å². The van der Waals surface area contributed by atoms with E-state index >= 15 is 0 Å². The molecule has 0 saturated heterocycles. The van der Waals surface area contributed by atoms with Gasteiger partial charge >= 0.3 is 0 Å². The van der Waals surface area contributed by atoms with Gasteiger partial charge in [-0.05, 0) is 61.0 Å². The molecule has 3 rings (SSSR count). The average molecular weight is 355 g/mol. The summed E-state index contributed by atoms with van der Waals surface area (Å²) >= 11 is 6.30. The van der Waals surface area contributed by atoms with Gasteiger partial charge in [-0.15, -0.1) is 0 Å². The maximum atomic E-state index is 13.2. The first kappa shape index (κ1) is 17.0.